The first kappa shape index (κ1) is 14.1. The molecule has 2 unspecified atom stereocenters. The number of amides is 1. The molecule has 0 aliphatic carbocycles. The van der Waals surface area contributed by atoms with E-state index in [1.807, 2.05) is 32.2 Å². The Morgan fingerprint density at radius 1 is 1.53 bits per heavy atom. The maximum atomic E-state index is 12.2. The molecular weight excluding hydrogens is 262 g/mol. The van der Waals surface area contributed by atoms with Gasteiger partial charge in [-0.05, 0) is 44.2 Å². The highest BCUT2D eigenvalue weighted by molar-refractivity contribution is 7.10. The van der Waals surface area contributed by atoms with Gasteiger partial charge in [-0.1, -0.05) is 0 Å². The zero-order valence-electron chi connectivity index (χ0n) is 11.4. The minimum Gasteiger partial charge on any atom is -0.481 e. The van der Waals surface area contributed by atoms with Crippen LogP contribution in [0.4, 0.5) is 0 Å². The van der Waals surface area contributed by atoms with Crippen molar-refractivity contribution in [2.45, 2.75) is 45.7 Å². The van der Waals surface area contributed by atoms with Gasteiger partial charge in [0.15, 0.2) is 0 Å². The quantitative estimate of drug-likeness (QED) is 0.927. The first-order valence-electron chi connectivity index (χ1n) is 6.51. The maximum Gasteiger partial charge on any atom is 0.308 e. The second-order valence-corrected chi connectivity index (χ2v) is 6.24. The Kier molecular flexibility index (Phi) is 3.94. The van der Waals surface area contributed by atoms with Crippen LogP contribution in [-0.2, 0) is 9.59 Å². The highest BCUT2D eigenvalue weighted by Gasteiger charge is 2.42. The van der Waals surface area contributed by atoms with Crippen LogP contribution >= 0.6 is 11.3 Å². The van der Waals surface area contributed by atoms with Gasteiger partial charge >= 0.3 is 5.97 Å². The van der Waals surface area contributed by atoms with E-state index in [0.29, 0.717) is 12.8 Å². The number of piperidine rings is 1. The molecule has 0 spiro atoms. The van der Waals surface area contributed by atoms with Crippen molar-refractivity contribution in [2.24, 2.45) is 5.92 Å². The van der Waals surface area contributed by atoms with Gasteiger partial charge in [0.25, 0.3) is 0 Å². The molecule has 1 aromatic rings. The van der Waals surface area contributed by atoms with E-state index in [1.54, 1.807) is 16.2 Å². The molecule has 104 valence electrons. The van der Waals surface area contributed by atoms with Crippen LogP contribution in [0.2, 0.25) is 0 Å². The predicted molar refractivity (Wildman–Crippen MR) is 74.1 cm³/mol. The average molecular weight is 281 g/mol. The summed E-state index contributed by atoms with van der Waals surface area (Å²) in [6, 6.07) is 1.68. The lowest BCUT2D eigenvalue weighted by Crippen LogP contribution is -2.48. The fourth-order valence-corrected chi connectivity index (χ4v) is 3.87. The van der Waals surface area contributed by atoms with Crippen LogP contribution in [0.1, 0.15) is 43.2 Å². The predicted octanol–water partition coefficient (Wildman–Crippen LogP) is 2.83. The van der Waals surface area contributed by atoms with Gasteiger partial charge in [0.2, 0.25) is 5.91 Å². The Balaban J connectivity index is 2.47. The summed E-state index contributed by atoms with van der Waals surface area (Å²) in [6.07, 6.45) is 0.759. The molecular formula is C14H19NO3S. The SMILES string of the molecule is Cc1ccsc1C1C(C(=O)O)CCC(=O)N1C(C)C. The van der Waals surface area contributed by atoms with Gasteiger partial charge in [0, 0.05) is 17.3 Å². The number of carboxylic acids is 1. The van der Waals surface area contributed by atoms with Gasteiger partial charge in [0.1, 0.15) is 0 Å². The van der Waals surface area contributed by atoms with Crippen LogP contribution in [0.3, 0.4) is 0 Å². The molecule has 2 heterocycles. The lowest BCUT2D eigenvalue weighted by atomic mass is 9.86. The van der Waals surface area contributed by atoms with Crippen molar-refractivity contribution in [3.63, 3.8) is 0 Å². The molecule has 19 heavy (non-hydrogen) atoms. The van der Waals surface area contributed by atoms with Crippen LogP contribution in [0, 0.1) is 12.8 Å². The monoisotopic (exact) mass is 281 g/mol. The Bertz CT molecular complexity index is 495. The summed E-state index contributed by atoms with van der Waals surface area (Å²) in [7, 11) is 0. The normalized spacial score (nSPS) is 24.0. The zero-order valence-corrected chi connectivity index (χ0v) is 12.2. The van der Waals surface area contributed by atoms with Gasteiger partial charge in [0.05, 0.1) is 12.0 Å². The fraction of sp³-hybridized carbons (Fsp3) is 0.571. The van der Waals surface area contributed by atoms with Crippen molar-refractivity contribution in [2.75, 3.05) is 0 Å². The Morgan fingerprint density at radius 2 is 2.21 bits per heavy atom. The van der Waals surface area contributed by atoms with E-state index in [1.165, 1.54) is 0 Å². The van der Waals surface area contributed by atoms with Gasteiger partial charge in [-0.2, -0.15) is 0 Å². The van der Waals surface area contributed by atoms with Crippen molar-refractivity contribution in [1.82, 2.24) is 4.90 Å². The number of nitrogens with zero attached hydrogens (tertiary/aromatic N) is 1. The molecule has 0 aromatic carbocycles. The molecule has 1 N–H and O–H groups in total. The van der Waals surface area contributed by atoms with E-state index < -0.39 is 11.9 Å². The van der Waals surface area contributed by atoms with Crippen molar-refractivity contribution < 1.29 is 14.7 Å². The number of hydrogen-bond donors (Lipinski definition) is 1. The van der Waals surface area contributed by atoms with E-state index in [4.69, 9.17) is 0 Å². The average Bonchev–Trinajstić information content (AvgIpc) is 2.73. The molecule has 1 aromatic heterocycles. The third-order valence-corrected chi connectivity index (χ3v) is 4.77. The molecule has 1 aliphatic heterocycles. The Morgan fingerprint density at radius 3 is 2.68 bits per heavy atom. The number of likely N-dealkylation sites (tertiary alicyclic amines) is 1. The third-order valence-electron chi connectivity index (χ3n) is 3.68. The van der Waals surface area contributed by atoms with Crippen LogP contribution in [-0.4, -0.2) is 27.9 Å². The number of carbonyl (C=O) groups is 2. The minimum atomic E-state index is -0.809. The minimum absolute atomic E-state index is 0.0150. The summed E-state index contributed by atoms with van der Waals surface area (Å²) in [5, 5.41) is 11.4. The standard InChI is InChI=1S/C14H19NO3S/c1-8(2)15-11(16)5-4-10(14(17)18)12(15)13-9(3)6-7-19-13/h6-8,10,12H,4-5H2,1-3H3,(H,17,18). The van der Waals surface area contributed by atoms with Crippen molar-refractivity contribution >= 4 is 23.2 Å². The molecule has 1 saturated heterocycles. The van der Waals surface area contributed by atoms with Crippen LogP contribution in [0.5, 0.6) is 0 Å². The topological polar surface area (TPSA) is 57.6 Å². The number of rotatable bonds is 3. The largest absolute Gasteiger partial charge is 0.481 e. The van der Waals surface area contributed by atoms with Gasteiger partial charge < -0.3 is 10.0 Å². The number of hydrogen-bond acceptors (Lipinski definition) is 3. The van der Waals surface area contributed by atoms with Gasteiger partial charge in [-0.25, -0.2) is 0 Å². The first-order chi connectivity index (χ1) is 8.93. The molecule has 5 heteroatoms. The smallest absolute Gasteiger partial charge is 0.308 e. The molecule has 2 atom stereocenters. The summed E-state index contributed by atoms with van der Waals surface area (Å²) in [5.74, 6) is -1.25. The summed E-state index contributed by atoms with van der Waals surface area (Å²) >= 11 is 1.54. The molecule has 2 rings (SSSR count). The Labute approximate surface area is 117 Å². The number of carbonyl (C=O) groups excluding carboxylic acids is 1. The van der Waals surface area contributed by atoms with Crippen molar-refractivity contribution in [1.29, 1.82) is 0 Å². The lowest BCUT2D eigenvalue weighted by molar-refractivity contribution is -0.153. The third kappa shape index (κ3) is 2.52. The van der Waals surface area contributed by atoms with E-state index in [-0.39, 0.29) is 18.0 Å². The Hall–Kier alpha value is -1.36. The highest BCUT2D eigenvalue weighted by Crippen LogP contribution is 2.41. The molecule has 0 saturated carbocycles. The molecule has 0 radical (unpaired) electrons. The van der Waals surface area contributed by atoms with Crippen molar-refractivity contribution in [3.8, 4) is 0 Å². The van der Waals surface area contributed by atoms with E-state index in [0.717, 1.165) is 10.4 Å². The fourth-order valence-electron chi connectivity index (χ4n) is 2.78. The molecule has 1 fully saturated rings. The van der Waals surface area contributed by atoms with Gasteiger partial charge in [-0.3, -0.25) is 9.59 Å². The zero-order chi connectivity index (χ0) is 14.2. The summed E-state index contributed by atoms with van der Waals surface area (Å²) < 4.78 is 0. The molecule has 4 nitrogen and oxygen atoms in total. The first-order valence-corrected chi connectivity index (χ1v) is 7.39. The number of aryl methyl sites for hydroxylation is 1. The molecule has 1 aliphatic rings. The summed E-state index contributed by atoms with van der Waals surface area (Å²) in [4.78, 5) is 26.4. The molecule has 1 amide bonds. The second kappa shape index (κ2) is 5.33. The van der Waals surface area contributed by atoms with Crippen LogP contribution in [0.25, 0.3) is 0 Å². The maximum absolute atomic E-state index is 12.2. The van der Waals surface area contributed by atoms with Crippen LogP contribution < -0.4 is 0 Å². The molecule has 0 bridgehead atoms. The van der Waals surface area contributed by atoms with E-state index in [9.17, 15) is 14.7 Å². The summed E-state index contributed by atoms with van der Waals surface area (Å²) in [5.41, 5.74) is 1.07. The van der Waals surface area contributed by atoms with Crippen LogP contribution in [0.15, 0.2) is 11.4 Å². The van der Waals surface area contributed by atoms with E-state index in [2.05, 4.69) is 0 Å². The lowest BCUT2D eigenvalue weighted by Gasteiger charge is -2.42. The summed E-state index contributed by atoms with van der Waals surface area (Å²) in [6.45, 7) is 5.86. The van der Waals surface area contributed by atoms with Gasteiger partial charge in [-0.15, -0.1) is 11.3 Å². The van der Waals surface area contributed by atoms with E-state index >= 15 is 0 Å². The number of thiophene rings is 1. The number of carboxylic acid groups (broad SMARTS) is 1. The number of aliphatic carboxylic acids is 1. The van der Waals surface area contributed by atoms with Crippen molar-refractivity contribution in [3.05, 3.63) is 21.9 Å². The second-order valence-electron chi connectivity index (χ2n) is 5.29. The highest BCUT2D eigenvalue weighted by atomic mass is 32.1.